The summed E-state index contributed by atoms with van der Waals surface area (Å²) in [6.45, 7) is 3.02. The Hall–Kier alpha value is -1.83. The Labute approximate surface area is 103 Å². The molecule has 0 aliphatic rings. The number of hydrogen-bond donors (Lipinski definition) is 2. The smallest absolute Gasteiger partial charge is 0.197 e. The number of nitrogens with zero attached hydrogens (tertiary/aromatic N) is 4. The predicted octanol–water partition coefficient (Wildman–Crippen LogP) is 0.865. The first-order valence-corrected chi connectivity index (χ1v) is 5.94. The first kappa shape index (κ1) is 11.6. The first-order chi connectivity index (χ1) is 8.22. The number of rotatable bonds is 5. The second kappa shape index (κ2) is 5.00. The van der Waals surface area contributed by atoms with E-state index in [0.29, 0.717) is 24.7 Å². The van der Waals surface area contributed by atoms with E-state index >= 15 is 0 Å². The summed E-state index contributed by atoms with van der Waals surface area (Å²) in [5.41, 5.74) is 5.71. The van der Waals surface area contributed by atoms with E-state index in [9.17, 15) is 0 Å². The van der Waals surface area contributed by atoms with Crippen LogP contribution >= 0.6 is 11.5 Å². The Balaban J connectivity index is 2.06. The number of nitrogens with one attached hydrogen (secondary N) is 1. The summed E-state index contributed by atoms with van der Waals surface area (Å²) in [6.07, 6.45) is 1.65. The van der Waals surface area contributed by atoms with Gasteiger partial charge in [-0.2, -0.15) is 4.37 Å². The SMILES string of the molecule is CCOc1c(N)nsc1NCc1nncn1C. The molecule has 0 unspecified atom stereocenters. The minimum Gasteiger partial charge on any atom is -0.487 e. The maximum absolute atomic E-state index is 5.71. The van der Waals surface area contributed by atoms with Crippen LogP contribution in [0.1, 0.15) is 12.7 Å². The van der Waals surface area contributed by atoms with Crippen molar-refractivity contribution in [3.63, 3.8) is 0 Å². The monoisotopic (exact) mass is 254 g/mol. The third-order valence-corrected chi connectivity index (χ3v) is 2.98. The molecule has 0 bridgehead atoms. The van der Waals surface area contributed by atoms with E-state index in [1.54, 1.807) is 6.33 Å². The lowest BCUT2D eigenvalue weighted by molar-refractivity contribution is 0.344. The molecule has 0 aliphatic heterocycles. The molecule has 0 amide bonds. The molecule has 0 fully saturated rings. The Morgan fingerprint density at radius 3 is 3.06 bits per heavy atom. The van der Waals surface area contributed by atoms with Gasteiger partial charge in [-0.05, 0) is 18.5 Å². The van der Waals surface area contributed by atoms with Gasteiger partial charge in [-0.15, -0.1) is 10.2 Å². The Morgan fingerprint density at radius 1 is 1.59 bits per heavy atom. The Morgan fingerprint density at radius 2 is 2.41 bits per heavy atom. The molecule has 0 aromatic carbocycles. The van der Waals surface area contributed by atoms with Crippen LogP contribution < -0.4 is 15.8 Å². The van der Waals surface area contributed by atoms with Gasteiger partial charge in [0.05, 0.1) is 13.2 Å². The van der Waals surface area contributed by atoms with E-state index in [4.69, 9.17) is 10.5 Å². The fraction of sp³-hybridized carbons (Fsp3) is 0.444. The minimum atomic E-state index is 0.414. The van der Waals surface area contributed by atoms with Gasteiger partial charge in [0.15, 0.2) is 22.4 Å². The molecule has 2 heterocycles. The third-order valence-electron chi connectivity index (χ3n) is 2.18. The van der Waals surface area contributed by atoms with Crippen molar-refractivity contribution in [3.8, 4) is 5.75 Å². The number of ether oxygens (including phenoxy) is 1. The van der Waals surface area contributed by atoms with E-state index in [2.05, 4.69) is 19.9 Å². The topological polar surface area (TPSA) is 90.9 Å². The zero-order chi connectivity index (χ0) is 12.3. The highest BCUT2D eigenvalue weighted by atomic mass is 32.1. The van der Waals surface area contributed by atoms with Gasteiger partial charge < -0.3 is 20.4 Å². The molecule has 0 saturated heterocycles. The number of nitrogens with two attached hydrogens (primary N) is 1. The lowest BCUT2D eigenvalue weighted by Gasteiger charge is -2.06. The van der Waals surface area contributed by atoms with Crippen LogP contribution in [0.25, 0.3) is 0 Å². The van der Waals surface area contributed by atoms with Crippen molar-refractivity contribution in [3.05, 3.63) is 12.2 Å². The molecule has 0 spiro atoms. The van der Waals surface area contributed by atoms with Crippen LogP contribution in [0.3, 0.4) is 0 Å². The third kappa shape index (κ3) is 2.47. The van der Waals surface area contributed by atoms with Crippen molar-refractivity contribution in [2.24, 2.45) is 7.05 Å². The highest BCUT2D eigenvalue weighted by molar-refractivity contribution is 7.11. The maximum Gasteiger partial charge on any atom is 0.197 e. The van der Waals surface area contributed by atoms with Gasteiger partial charge in [-0.3, -0.25) is 0 Å². The number of hydrogen-bond acceptors (Lipinski definition) is 7. The molecule has 3 N–H and O–H groups in total. The first-order valence-electron chi connectivity index (χ1n) is 5.17. The molecule has 92 valence electrons. The molecule has 0 radical (unpaired) electrons. The van der Waals surface area contributed by atoms with Crippen molar-refractivity contribution in [2.75, 3.05) is 17.7 Å². The zero-order valence-electron chi connectivity index (χ0n) is 9.67. The van der Waals surface area contributed by atoms with Crippen molar-refractivity contribution < 1.29 is 4.74 Å². The van der Waals surface area contributed by atoms with E-state index in [1.807, 2.05) is 18.5 Å². The van der Waals surface area contributed by atoms with Crippen LogP contribution in [-0.4, -0.2) is 25.7 Å². The minimum absolute atomic E-state index is 0.414. The normalized spacial score (nSPS) is 10.5. The Kier molecular flexibility index (Phi) is 3.43. The van der Waals surface area contributed by atoms with E-state index in [1.165, 1.54) is 11.5 Å². The van der Waals surface area contributed by atoms with Gasteiger partial charge in [-0.1, -0.05) is 0 Å². The molecular weight excluding hydrogens is 240 g/mol. The standard InChI is InChI=1S/C9H14N6OS/c1-3-16-7-8(10)14-17-9(7)11-4-6-13-12-5-15(6)2/h5,11H,3-4H2,1-2H3,(H2,10,14). The summed E-state index contributed by atoms with van der Waals surface area (Å²) >= 11 is 1.28. The summed E-state index contributed by atoms with van der Waals surface area (Å²) in [5, 5.41) is 11.8. The second-order valence-electron chi connectivity index (χ2n) is 3.37. The predicted molar refractivity (Wildman–Crippen MR) is 66.0 cm³/mol. The van der Waals surface area contributed by atoms with Gasteiger partial charge in [0.1, 0.15) is 6.33 Å². The van der Waals surface area contributed by atoms with Crippen LogP contribution in [0.5, 0.6) is 5.75 Å². The fourth-order valence-electron chi connectivity index (χ4n) is 1.32. The average molecular weight is 254 g/mol. The largest absolute Gasteiger partial charge is 0.487 e. The second-order valence-corrected chi connectivity index (χ2v) is 4.14. The number of anilines is 2. The summed E-state index contributed by atoms with van der Waals surface area (Å²) < 4.78 is 11.3. The summed E-state index contributed by atoms with van der Waals surface area (Å²) in [6, 6.07) is 0. The molecule has 0 aliphatic carbocycles. The van der Waals surface area contributed by atoms with E-state index in [-0.39, 0.29) is 0 Å². The van der Waals surface area contributed by atoms with Gasteiger partial charge in [0.2, 0.25) is 0 Å². The van der Waals surface area contributed by atoms with E-state index in [0.717, 1.165) is 10.8 Å². The van der Waals surface area contributed by atoms with Crippen LogP contribution in [0.4, 0.5) is 10.8 Å². The van der Waals surface area contributed by atoms with Crippen molar-refractivity contribution in [1.82, 2.24) is 19.1 Å². The molecule has 2 aromatic heterocycles. The summed E-state index contributed by atoms with van der Waals surface area (Å²) in [5.74, 6) is 1.86. The molecule has 2 aromatic rings. The number of aryl methyl sites for hydroxylation is 1. The van der Waals surface area contributed by atoms with Crippen molar-refractivity contribution in [2.45, 2.75) is 13.5 Å². The van der Waals surface area contributed by atoms with Crippen LogP contribution in [0, 0.1) is 0 Å². The zero-order valence-corrected chi connectivity index (χ0v) is 10.5. The summed E-state index contributed by atoms with van der Waals surface area (Å²) in [4.78, 5) is 0. The van der Waals surface area contributed by atoms with E-state index < -0.39 is 0 Å². The molecule has 17 heavy (non-hydrogen) atoms. The molecule has 7 nitrogen and oxygen atoms in total. The highest BCUT2D eigenvalue weighted by Crippen LogP contribution is 2.35. The van der Waals surface area contributed by atoms with Gasteiger partial charge in [0.25, 0.3) is 0 Å². The maximum atomic E-state index is 5.71. The fourth-order valence-corrected chi connectivity index (χ4v) is 1.97. The van der Waals surface area contributed by atoms with Crippen molar-refractivity contribution in [1.29, 1.82) is 0 Å². The molecule has 8 heteroatoms. The Bertz CT molecular complexity index is 493. The lowest BCUT2D eigenvalue weighted by atomic mass is 10.5. The lowest BCUT2D eigenvalue weighted by Crippen LogP contribution is -2.06. The van der Waals surface area contributed by atoms with Gasteiger partial charge >= 0.3 is 0 Å². The van der Waals surface area contributed by atoms with Crippen molar-refractivity contribution >= 4 is 22.4 Å². The van der Waals surface area contributed by atoms with Crippen LogP contribution in [-0.2, 0) is 13.6 Å². The molecule has 0 saturated carbocycles. The quantitative estimate of drug-likeness (QED) is 0.822. The molecule has 2 rings (SSSR count). The van der Waals surface area contributed by atoms with Crippen LogP contribution in [0.2, 0.25) is 0 Å². The van der Waals surface area contributed by atoms with Gasteiger partial charge in [0, 0.05) is 7.05 Å². The average Bonchev–Trinajstić information content (AvgIpc) is 2.86. The summed E-state index contributed by atoms with van der Waals surface area (Å²) in [7, 11) is 1.89. The van der Waals surface area contributed by atoms with Crippen LogP contribution in [0.15, 0.2) is 6.33 Å². The number of aromatic nitrogens is 4. The number of nitrogen functional groups attached to an aromatic ring is 1. The highest BCUT2D eigenvalue weighted by Gasteiger charge is 2.12. The molecule has 0 atom stereocenters. The van der Waals surface area contributed by atoms with Gasteiger partial charge in [-0.25, -0.2) is 0 Å². The molecular formula is C9H14N6OS.